The third kappa shape index (κ3) is 4.00. The van der Waals surface area contributed by atoms with Crippen molar-refractivity contribution in [2.45, 2.75) is 6.18 Å². The van der Waals surface area contributed by atoms with Gasteiger partial charge in [-0.15, -0.1) is 0 Å². The number of para-hydroxylation sites is 1. The molecule has 0 aliphatic rings. The molecule has 2 aromatic heterocycles. The monoisotopic (exact) mass is 406 g/mol. The first kappa shape index (κ1) is 19.8. The summed E-state index contributed by atoms with van der Waals surface area (Å²) in [6, 6.07) is 8.86. The Morgan fingerprint density at radius 2 is 1.93 bits per heavy atom. The van der Waals surface area contributed by atoms with E-state index in [-0.39, 0.29) is 34.1 Å². The molecule has 1 aromatic carbocycles. The molecule has 0 unspecified atom stereocenters. The van der Waals surface area contributed by atoms with Crippen LogP contribution in [0.15, 0.2) is 42.5 Å². The topological polar surface area (TPSA) is 129 Å². The Kier molecular flexibility index (Phi) is 4.93. The van der Waals surface area contributed by atoms with E-state index >= 15 is 0 Å². The lowest BCUT2D eigenvalue weighted by Gasteiger charge is -2.09. The van der Waals surface area contributed by atoms with E-state index in [1.54, 1.807) is 0 Å². The highest BCUT2D eigenvalue weighted by atomic mass is 19.4. The summed E-state index contributed by atoms with van der Waals surface area (Å²) >= 11 is 0. The fraction of sp³-hybridized carbons (Fsp3) is 0.118. The van der Waals surface area contributed by atoms with Crippen LogP contribution in [0.2, 0.25) is 0 Å². The third-order valence-electron chi connectivity index (χ3n) is 3.96. The minimum absolute atomic E-state index is 0.0207. The Hall–Kier alpha value is -3.96. The number of carbonyl (C=O) groups is 1. The Morgan fingerprint density at radius 3 is 2.52 bits per heavy atom. The number of alkyl halides is 3. The number of nitrogen functional groups attached to an aromatic ring is 1. The fourth-order valence-corrected chi connectivity index (χ4v) is 2.63. The van der Waals surface area contributed by atoms with Gasteiger partial charge in [-0.25, -0.2) is 4.98 Å². The number of hydrogen-bond donors (Lipinski definition) is 2. The van der Waals surface area contributed by atoms with E-state index in [9.17, 15) is 28.1 Å². The number of aryl methyl sites for hydroxylation is 1. The number of anilines is 2. The molecule has 0 aliphatic carbocycles. The summed E-state index contributed by atoms with van der Waals surface area (Å²) in [6.07, 6.45) is -4.61. The van der Waals surface area contributed by atoms with Crippen molar-refractivity contribution in [2.24, 2.45) is 7.05 Å². The van der Waals surface area contributed by atoms with E-state index < -0.39 is 22.7 Å². The molecule has 0 saturated carbocycles. The van der Waals surface area contributed by atoms with Crippen molar-refractivity contribution < 1.29 is 22.9 Å². The predicted octanol–water partition coefficient (Wildman–Crippen LogP) is 3.24. The van der Waals surface area contributed by atoms with Crippen molar-refractivity contribution in [2.75, 3.05) is 11.1 Å². The Bertz CT molecular complexity index is 1110. The lowest BCUT2D eigenvalue weighted by atomic mass is 10.1. The van der Waals surface area contributed by atoms with Crippen molar-refractivity contribution in [3.8, 4) is 11.3 Å². The van der Waals surface area contributed by atoms with Crippen LogP contribution >= 0.6 is 0 Å². The summed E-state index contributed by atoms with van der Waals surface area (Å²) in [5, 5.41) is 16.8. The van der Waals surface area contributed by atoms with Crippen molar-refractivity contribution in [1.29, 1.82) is 0 Å². The molecule has 9 nitrogen and oxygen atoms in total. The zero-order chi connectivity index (χ0) is 21.3. The molecular formula is C17H13F3N6O3. The second-order valence-electron chi connectivity index (χ2n) is 5.89. The highest BCUT2D eigenvalue weighted by molar-refractivity contribution is 6.06. The minimum Gasteiger partial charge on any atom is -0.383 e. The number of pyridine rings is 1. The quantitative estimate of drug-likeness (QED) is 0.505. The maximum atomic E-state index is 12.8. The van der Waals surface area contributed by atoms with Gasteiger partial charge in [-0.2, -0.15) is 18.3 Å². The standard InChI is InChI=1S/C17H13F3N6O3/c1-25-12(8-13(24-25)17(18,19)20)9-6-7-14(22-15(9)21)23-16(27)10-4-2-3-5-11(10)26(28)29/h2-8H,1H3,(H3,21,22,23,27). The van der Waals surface area contributed by atoms with Crippen LogP contribution in [0.25, 0.3) is 11.3 Å². The van der Waals surface area contributed by atoms with Gasteiger partial charge in [0.1, 0.15) is 17.2 Å². The molecule has 3 N–H and O–H groups in total. The minimum atomic E-state index is -4.61. The molecule has 0 radical (unpaired) electrons. The summed E-state index contributed by atoms with van der Waals surface area (Å²) in [6.45, 7) is 0. The number of nitrogens with zero attached hydrogens (tertiary/aromatic N) is 4. The molecule has 0 fully saturated rings. The van der Waals surface area contributed by atoms with Gasteiger partial charge < -0.3 is 11.1 Å². The van der Waals surface area contributed by atoms with Crippen LogP contribution in [0.5, 0.6) is 0 Å². The average molecular weight is 406 g/mol. The van der Waals surface area contributed by atoms with E-state index in [0.717, 1.165) is 10.7 Å². The maximum Gasteiger partial charge on any atom is 0.435 e. The first-order chi connectivity index (χ1) is 13.6. The number of nitrogens with one attached hydrogen (secondary N) is 1. The summed E-state index contributed by atoms with van der Waals surface area (Å²) in [4.78, 5) is 26.6. The number of nitrogens with two attached hydrogens (primary N) is 1. The van der Waals surface area contributed by atoms with Crippen LogP contribution in [-0.2, 0) is 13.2 Å². The van der Waals surface area contributed by atoms with E-state index in [1.165, 1.54) is 43.4 Å². The summed E-state index contributed by atoms with van der Waals surface area (Å²) in [5.74, 6) is -0.952. The van der Waals surface area contributed by atoms with Crippen molar-refractivity contribution in [3.05, 3.63) is 63.8 Å². The molecule has 0 bridgehead atoms. The van der Waals surface area contributed by atoms with Crippen molar-refractivity contribution in [3.63, 3.8) is 0 Å². The second-order valence-corrected chi connectivity index (χ2v) is 5.89. The van der Waals surface area contributed by atoms with Crippen LogP contribution in [0.3, 0.4) is 0 Å². The van der Waals surface area contributed by atoms with Gasteiger partial charge in [0.05, 0.1) is 10.6 Å². The van der Waals surface area contributed by atoms with Gasteiger partial charge in [-0.3, -0.25) is 19.6 Å². The molecule has 3 rings (SSSR count). The number of rotatable bonds is 4. The van der Waals surface area contributed by atoms with Crippen LogP contribution in [0.1, 0.15) is 16.1 Å². The molecule has 150 valence electrons. The number of nitro groups is 1. The number of amides is 1. The Labute approximate surface area is 161 Å². The zero-order valence-corrected chi connectivity index (χ0v) is 14.8. The summed E-state index contributed by atoms with van der Waals surface area (Å²) in [5.41, 5.74) is 4.46. The lowest BCUT2D eigenvalue weighted by molar-refractivity contribution is -0.385. The van der Waals surface area contributed by atoms with E-state index in [2.05, 4.69) is 15.4 Å². The van der Waals surface area contributed by atoms with Crippen molar-refractivity contribution >= 4 is 23.2 Å². The SMILES string of the molecule is Cn1nc(C(F)(F)F)cc1-c1ccc(NC(=O)c2ccccc2[N+](=O)[O-])nc1N. The van der Waals surface area contributed by atoms with Crippen LogP contribution < -0.4 is 11.1 Å². The summed E-state index contributed by atoms with van der Waals surface area (Å²) in [7, 11) is 1.33. The Balaban J connectivity index is 1.89. The molecule has 0 aliphatic heterocycles. The zero-order valence-electron chi connectivity index (χ0n) is 14.8. The normalized spacial score (nSPS) is 11.3. The number of carbonyl (C=O) groups excluding carboxylic acids is 1. The van der Waals surface area contributed by atoms with Gasteiger partial charge in [0.25, 0.3) is 11.6 Å². The van der Waals surface area contributed by atoms with E-state index in [4.69, 9.17) is 5.73 Å². The smallest absolute Gasteiger partial charge is 0.383 e. The van der Waals surface area contributed by atoms with Crippen LogP contribution in [0.4, 0.5) is 30.5 Å². The first-order valence-electron chi connectivity index (χ1n) is 8.01. The summed E-state index contributed by atoms with van der Waals surface area (Å²) < 4.78 is 39.5. The number of benzene rings is 1. The van der Waals surface area contributed by atoms with Gasteiger partial charge in [-0.1, -0.05) is 12.1 Å². The number of hydrogen-bond acceptors (Lipinski definition) is 6. The Morgan fingerprint density at radius 1 is 1.24 bits per heavy atom. The van der Waals surface area contributed by atoms with Gasteiger partial charge in [0.2, 0.25) is 0 Å². The lowest BCUT2D eigenvalue weighted by Crippen LogP contribution is -2.15. The van der Waals surface area contributed by atoms with Crippen LogP contribution in [0, 0.1) is 10.1 Å². The molecule has 29 heavy (non-hydrogen) atoms. The largest absolute Gasteiger partial charge is 0.435 e. The molecule has 12 heteroatoms. The molecule has 2 heterocycles. The molecule has 0 spiro atoms. The van der Waals surface area contributed by atoms with E-state index in [0.29, 0.717) is 0 Å². The number of aromatic nitrogens is 3. The van der Waals surface area contributed by atoms with Gasteiger partial charge in [0, 0.05) is 18.7 Å². The first-order valence-corrected chi connectivity index (χ1v) is 8.01. The molecule has 3 aromatic rings. The van der Waals surface area contributed by atoms with Crippen molar-refractivity contribution in [1.82, 2.24) is 14.8 Å². The highest BCUT2D eigenvalue weighted by Gasteiger charge is 2.35. The number of nitro benzene ring substituents is 1. The average Bonchev–Trinajstić information content (AvgIpc) is 3.03. The predicted molar refractivity (Wildman–Crippen MR) is 96.9 cm³/mol. The van der Waals surface area contributed by atoms with Gasteiger partial charge in [-0.05, 0) is 24.3 Å². The van der Waals surface area contributed by atoms with E-state index in [1.807, 2.05) is 0 Å². The molecule has 1 amide bonds. The third-order valence-corrected chi connectivity index (χ3v) is 3.96. The fourth-order valence-electron chi connectivity index (χ4n) is 2.63. The molecule has 0 saturated heterocycles. The number of halogens is 3. The van der Waals surface area contributed by atoms with Gasteiger partial charge in [0.15, 0.2) is 5.69 Å². The molecule has 0 atom stereocenters. The highest BCUT2D eigenvalue weighted by Crippen LogP contribution is 2.33. The molecular weight excluding hydrogens is 393 g/mol. The van der Waals surface area contributed by atoms with Crippen LogP contribution in [-0.4, -0.2) is 25.6 Å². The second kappa shape index (κ2) is 7.22. The van der Waals surface area contributed by atoms with Gasteiger partial charge >= 0.3 is 6.18 Å². The maximum absolute atomic E-state index is 12.8.